The van der Waals surface area contributed by atoms with Gasteiger partial charge < -0.3 is 10.2 Å². The SMILES string of the molecule is CN(C)C(=O)CN1CCC(Nc2nc(-c3ccsc3)nc3ccccc23)CC1. The number of rotatable bonds is 5. The Hall–Kier alpha value is -2.51. The van der Waals surface area contributed by atoms with Crippen molar-refractivity contribution in [3.05, 3.63) is 41.1 Å². The van der Waals surface area contributed by atoms with Crippen molar-refractivity contribution in [2.24, 2.45) is 0 Å². The van der Waals surface area contributed by atoms with Gasteiger partial charge in [0, 0.05) is 49.6 Å². The van der Waals surface area contributed by atoms with Gasteiger partial charge in [0.15, 0.2) is 5.82 Å². The average molecular weight is 396 g/mol. The van der Waals surface area contributed by atoms with E-state index in [1.54, 1.807) is 16.2 Å². The zero-order chi connectivity index (χ0) is 19.5. The molecule has 0 unspecified atom stereocenters. The first-order valence-electron chi connectivity index (χ1n) is 9.58. The molecule has 0 spiro atoms. The van der Waals surface area contributed by atoms with Crippen LogP contribution < -0.4 is 5.32 Å². The number of likely N-dealkylation sites (tertiary alicyclic amines) is 1. The van der Waals surface area contributed by atoms with Gasteiger partial charge in [0.2, 0.25) is 5.91 Å². The second kappa shape index (κ2) is 8.24. The van der Waals surface area contributed by atoms with E-state index in [1.165, 1.54) is 0 Å². The molecule has 1 saturated heterocycles. The van der Waals surface area contributed by atoms with Gasteiger partial charge in [-0.25, -0.2) is 9.97 Å². The zero-order valence-corrected chi connectivity index (χ0v) is 17.1. The van der Waals surface area contributed by atoms with Crippen molar-refractivity contribution in [3.8, 4) is 11.4 Å². The molecule has 1 amide bonds. The summed E-state index contributed by atoms with van der Waals surface area (Å²) in [5.41, 5.74) is 2.01. The third-order valence-electron chi connectivity index (χ3n) is 5.17. The van der Waals surface area contributed by atoms with E-state index < -0.39 is 0 Å². The molecule has 146 valence electrons. The van der Waals surface area contributed by atoms with Crippen molar-refractivity contribution in [1.82, 2.24) is 19.8 Å². The third-order valence-corrected chi connectivity index (χ3v) is 5.85. The van der Waals surface area contributed by atoms with Crippen LogP contribution in [-0.4, -0.2) is 65.4 Å². The van der Waals surface area contributed by atoms with Gasteiger partial charge in [-0.3, -0.25) is 9.69 Å². The Bertz CT molecular complexity index is 949. The number of benzene rings is 1. The number of para-hydroxylation sites is 1. The number of anilines is 1. The predicted octanol–water partition coefficient (Wildman–Crippen LogP) is 3.32. The van der Waals surface area contributed by atoms with Crippen LogP contribution in [-0.2, 0) is 4.79 Å². The first-order valence-corrected chi connectivity index (χ1v) is 10.5. The summed E-state index contributed by atoms with van der Waals surface area (Å²) in [6.07, 6.45) is 1.99. The Morgan fingerprint density at radius 2 is 2.00 bits per heavy atom. The maximum Gasteiger partial charge on any atom is 0.236 e. The summed E-state index contributed by atoms with van der Waals surface area (Å²) >= 11 is 1.65. The Balaban J connectivity index is 1.50. The number of carbonyl (C=O) groups excluding carboxylic acids is 1. The maximum atomic E-state index is 11.9. The molecule has 3 aromatic rings. The van der Waals surface area contributed by atoms with Gasteiger partial charge in [0.1, 0.15) is 5.82 Å². The van der Waals surface area contributed by atoms with Crippen LogP contribution in [0.15, 0.2) is 41.1 Å². The number of aromatic nitrogens is 2. The summed E-state index contributed by atoms with van der Waals surface area (Å²) in [6, 6.07) is 10.5. The standard InChI is InChI=1S/C21H25N5OS/c1-25(2)19(27)13-26-10-7-16(8-11-26)22-21-17-5-3-4-6-18(17)23-20(24-21)15-9-12-28-14-15/h3-6,9,12,14,16H,7-8,10-11,13H2,1-2H3,(H,22,23,24). The number of hydrogen-bond donors (Lipinski definition) is 1. The molecule has 28 heavy (non-hydrogen) atoms. The van der Waals surface area contributed by atoms with Crippen LogP contribution in [0.25, 0.3) is 22.3 Å². The number of fused-ring (bicyclic) bond motifs is 1. The van der Waals surface area contributed by atoms with E-state index in [-0.39, 0.29) is 5.91 Å². The molecule has 0 atom stereocenters. The number of carbonyl (C=O) groups is 1. The van der Waals surface area contributed by atoms with Crippen molar-refractivity contribution in [1.29, 1.82) is 0 Å². The fourth-order valence-electron chi connectivity index (χ4n) is 3.47. The van der Waals surface area contributed by atoms with E-state index in [9.17, 15) is 4.79 Å². The van der Waals surface area contributed by atoms with Gasteiger partial charge in [-0.15, -0.1) is 0 Å². The smallest absolute Gasteiger partial charge is 0.236 e. The molecule has 4 rings (SSSR count). The maximum absolute atomic E-state index is 11.9. The predicted molar refractivity (Wildman–Crippen MR) is 115 cm³/mol. The molecule has 7 heteroatoms. The Kier molecular flexibility index (Phi) is 5.54. The molecule has 0 saturated carbocycles. The van der Waals surface area contributed by atoms with Gasteiger partial charge in [-0.05, 0) is 36.4 Å². The highest BCUT2D eigenvalue weighted by atomic mass is 32.1. The fraction of sp³-hybridized carbons (Fsp3) is 0.381. The highest BCUT2D eigenvalue weighted by Crippen LogP contribution is 2.27. The van der Waals surface area contributed by atoms with E-state index in [0.29, 0.717) is 12.6 Å². The molecule has 3 heterocycles. The second-order valence-corrected chi connectivity index (χ2v) is 8.19. The molecule has 1 fully saturated rings. The number of amides is 1. The summed E-state index contributed by atoms with van der Waals surface area (Å²) in [5, 5.41) is 8.83. The quantitative estimate of drug-likeness (QED) is 0.718. The molecule has 0 bridgehead atoms. The van der Waals surface area contributed by atoms with Crippen molar-refractivity contribution < 1.29 is 4.79 Å². The summed E-state index contributed by atoms with van der Waals surface area (Å²) in [6.45, 7) is 2.33. The molecule has 0 aliphatic carbocycles. The molecular weight excluding hydrogens is 370 g/mol. The lowest BCUT2D eigenvalue weighted by atomic mass is 10.0. The number of hydrogen-bond acceptors (Lipinski definition) is 6. The first-order chi connectivity index (χ1) is 13.6. The van der Waals surface area contributed by atoms with Crippen molar-refractivity contribution in [2.45, 2.75) is 18.9 Å². The van der Waals surface area contributed by atoms with E-state index in [2.05, 4.69) is 27.7 Å². The molecule has 1 aromatic carbocycles. The lowest BCUT2D eigenvalue weighted by Gasteiger charge is -2.32. The van der Waals surface area contributed by atoms with E-state index in [1.807, 2.05) is 37.7 Å². The van der Waals surface area contributed by atoms with E-state index in [0.717, 1.165) is 54.0 Å². The Morgan fingerprint density at radius 1 is 1.21 bits per heavy atom. The van der Waals surface area contributed by atoms with Crippen molar-refractivity contribution >= 4 is 34.0 Å². The lowest BCUT2D eigenvalue weighted by molar-refractivity contribution is -0.130. The van der Waals surface area contributed by atoms with E-state index in [4.69, 9.17) is 9.97 Å². The average Bonchev–Trinajstić information content (AvgIpc) is 3.24. The molecule has 1 aliphatic rings. The molecule has 1 N–H and O–H groups in total. The number of likely N-dealkylation sites (N-methyl/N-ethyl adjacent to an activating group) is 1. The van der Waals surface area contributed by atoms with E-state index >= 15 is 0 Å². The van der Waals surface area contributed by atoms with Gasteiger partial charge in [0.25, 0.3) is 0 Å². The fourth-order valence-corrected chi connectivity index (χ4v) is 4.10. The lowest BCUT2D eigenvalue weighted by Crippen LogP contribution is -2.44. The Labute approximate surface area is 169 Å². The number of nitrogens with zero attached hydrogens (tertiary/aromatic N) is 4. The van der Waals surface area contributed by atoms with Crippen molar-refractivity contribution in [2.75, 3.05) is 39.0 Å². The summed E-state index contributed by atoms with van der Waals surface area (Å²) < 4.78 is 0. The molecular formula is C21H25N5OS. The monoisotopic (exact) mass is 395 g/mol. The summed E-state index contributed by atoms with van der Waals surface area (Å²) in [4.78, 5) is 25.4. The minimum Gasteiger partial charge on any atom is -0.367 e. The minimum absolute atomic E-state index is 0.161. The second-order valence-electron chi connectivity index (χ2n) is 7.41. The van der Waals surface area contributed by atoms with Gasteiger partial charge in [0.05, 0.1) is 12.1 Å². The highest BCUT2D eigenvalue weighted by molar-refractivity contribution is 7.08. The van der Waals surface area contributed by atoms with Crippen LogP contribution in [0, 0.1) is 0 Å². The molecule has 6 nitrogen and oxygen atoms in total. The van der Waals surface area contributed by atoms with Crippen molar-refractivity contribution in [3.63, 3.8) is 0 Å². The molecule has 1 aliphatic heterocycles. The largest absolute Gasteiger partial charge is 0.367 e. The molecule has 0 radical (unpaired) electrons. The van der Waals surface area contributed by atoms with Gasteiger partial charge in [-0.1, -0.05) is 12.1 Å². The zero-order valence-electron chi connectivity index (χ0n) is 16.3. The van der Waals surface area contributed by atoms with Crippen LogP contribution in [0.1, 0.15) is 12.8 Å². The number of nitrogens with one attached hydrogen (secondary N) is 1. The summed E-state index contributed by atoms with van der Waals surface area (Å²) in [7, 11) is 3.61. The van der Waals surface area contributed by atoms with Crippen LogP contribution in [0.3, 0.4) is 0 Å². The molecule has 2 aromatic heterocycles. The van der Waals surface area contributed by atoms with Crippen LogP contribution >= 0.6 is 11.3 Å². The van der Waals surface area contributed by atoms with Gasteiger partial charge in [-0.2, -0.15) is 11.3 Å². The van der Waals surface area contributed by atoms with Crippen LogP contribution in [0.5, 0.6) is 0 Å². The first kappa shape index (κ1) is 18.8. The van der Waals surface area contributed by atoms with Gasteiger partial charge >= 0.3 is 0 Å². The minimum atomic E-state index is 0.161. The number of thiophene rings is 1. The number of piperidine rings is 1. The normalized spacial score (nSPS) is 15.6. The Morgan fingerprint density at radius 3 is 2.71 bits per heavy atom. The highest BCUT2D eigenvalue weighted by Gasteiger charge is 2.22. The third kappa shape index (κ3) is 4.15. The summed E-state index contributed by atoms with van der Waals surface area (Å²) in [5.74, 6) is 1.82. The van der Waals surface area contributed by atoms with Crippen LogP contribution in [0.2, 0.25) is 0 Å². The van der Waals surface area contributed by atoms with Crippen LogP contribution in [0.4, 0.5) is 5.82 Å². The topological polar surface area (TPSA) is 61.4 Å².